The number of likely N-dealkylation sites (tertiary alicyclic amines) is 1. The van der Waals surface area contributed by atoms with Crippen molar-refractivity contribution in [2.75, 3.05) is 46.5 Å². The van der Waals surface area contributed by atoms with Crippen molar-refractivity contribution in [3.8, 4) is 0 Å². The molecular weight excluding hydrogens is 460 g/mol. The Morgan fingerprint density at radius 2 is 2.08 bits per heavy atom. The summed E-state index contributed by atoms with van der Waals surface area (Å²) in [5.41, 5.74) is 2.21. The second-order valence-corrected chi connectivity index (χ2v) is 10.4. The number of benzene rings is 1. The number of hydrogen-bond acceptors (Lipinski definition) is 5. The molecule has 2 fully saturated rings. The minimum Gasteiger partial charge on any atom is -0.465 e. The van der Waals surface area contributed by atoms with Gasteiger partial charge < -0.3 is 35.4 Å². The lowest BCUT2D eigenvalue weighted by atomic mass is 9.88. The number of likely N-dealkylation sites (N-methyl/N-ethyl adjacent to an activating group) is 1. The normalized spacial score (nSPS) is 22.9. The fourth-order valence-electron chi connectivity index (χ4n) is 5.39. The van der Waals surface area contributed by atoms with E-state index in [9.17, 15) is 9.59 Å². The second kappa shape index (κ2) is 14.4. The number of aryl methyl sites for hydroxylation is 1. The van der Waals surface area contributed by atoms with Crippen LogP contribution in [-0.4, -0.2) is 80.7 Å². The summed E-state index contributed by atoms with van der Waals surface area (Å²) in [4.78, 5) is 26.2. The average Bonchev–Trinajstić information content (AvgIpc) is 2.85. The van der Waals surface area contributed by atoms with Gasteiger partial charge in [0.05, 0.1) is 18.8 Å². The molecule has 1 aromatic carbocycles. The molecule has 9 heteroatoms. The summed E-state index contributed by atoms with van der Waals surface area (Å²) in [6, 6.07) is 7.94. The van der Waals surface area contributed by atoms with Crippen molar-refractivity contribution in [3.63, 3.8) is 0 Å². The molecule has 0 radical (unpaired) electrons. The summed E-state index contributed by atoms with van der Waals surface area (Å²) in [5, 5.41) is 18.0. The highest BCUT2D eigenvalue weighted by Crippen LogP contribution is 2.33. The molecule has 0 aliphatic carbocycles. The summed E-state index contributed by atoms with van der Waals surface area (Å²) in [6.45, 7) is 7.76. The molecule has 0 bridgehead atoms. The lowest BCUT2D eigenvalue weighted by Gasteiger charge is -2.38. The van der Waals surface area contributed by atoms with Gasteiger partial charge in [-0.3, -0.25) is 0 Å². The van der Waals surface area contributed by atoms with E-state index in [0.29, 0.717) is 12.5 Å². The van der Waals surface area contributed by atoms with E-state index in [2.05, 4.69) is 41.1 Å². The molecule has 0 saturated carbocycles. The van der Waals surface area contributed by atoms with E-state index in [1.165, 1.54) is 0 Å². The average molecular weight is 505 g/mol. The van der Waals surface area contributed by atoms with E-state index in [1.807, 2.05) is 18.0 Å². The molecule has 5 atom stereocenters. The van der Waals surface area contributed by atoms with Gasteiger partial charge in [-0.05, 0) is 64.5 Å². The first kappa shape index (κ1) is 28.2. The first-order chi connectivity index (χ1) is 17.4. The molecule has 202 valence electrons. The van der Waals surface area contributed by atoms with Crippen LogP contribution < -0.4 is 16.0 Å². The molecule has 1 aromatic rings. The Labute approximate surface area is 215 Å². The SMILES string of the molecule is CNCC(CC1CCCOC1)NC(=O)N1CCC[C@@H]([C@@H](OCC(C)NC(=O)O)c2cccc(C)c2)C1. The maximum Gasteiger partial charge on any atom is 0.404 e. The zero-order valence-corrected chi connectivity index (χ0v) is 22.0. The van der Waals surface area contributed by atoms with Crippen LogP contribution >= 0.6 is 0 Å². The number of carboxylic acid groups (broad SMARTS) is 1. The highest BCUT2D eigenvalue weighted by molar-refractivity contribution is 5.74. The maximum atomic E-state index is 13.3. The smallest absolute Gasteiger partial charge is 0.404 e. The molecule has 0 aromatic heterocycles. The molecule has 0 spiro atoms. The molecule has 2 aliphatic rings. The number of piperidine rings is 1. The minimum absolute atomic E-state index is 0.0272. The number of hydrogen-bond donors (Lipinski definition) is 4. The van der Waals surface area contributed by atoms with Gasteiger partial charge in [0.25, 0.3) is 0 Å². The van der Waals surface area contributed by atoms with Crippen LogP contribution in [0.2, 0.25) is 0 Å². The number of rotatable bonds is 11. The topological polar surface area (TPSA) is 112 Å². The first-order valence-electron chi connectivity index (χ1n) is 13.3. The van der Waals surface area contributed by atoms with Gasteiger partial charge in [-0.2, -0.15) is 0 Å². The zero-order chi connectivity index (χ0) is 25.9. The van der Waals surface area contributed by atoms with Gasteiger partial charge in [-0.15, -0.1) is 0 Å². The molecule has 4 N–H and O–H groups in total. The van der Waals surface area contributed by atoms with E-state index >= 15 is 0 Å². The van der Waals surface area contributed by atoms with Crippen LogP contribution in [-0.2, 0) is 9.47 Å². The molecule has 3 rings (SSSR count). The van der Waals surface area contributed by atoms with Crippen molar-refractivity contribution in [2.24, 2.45) is 11.8 Å². The molecule has 36 heavy (non-hydrogen) atoms. The highest BCUT2D eigenvalue weighted by atomic mass is 16.5. The number of ether oxygens (including phenoxy) is 2. The monoisotopic (exact) mass is 504 g/mol. The van der Waals surface area contributed by atoms with Crippen LogP contribution in [0.5, 0.6) is 0 Å². The number of amides is 3. The van der Waals surface area contributed by atoms with Gasteiger partial charge in [-0.1, -0.05) is 29.8 Å². The Morgan fingerprint density at radius 3 is 2.78 bits per heavy atom. The van der Waals surface area contributed by atoms with Crippen LogP contribution in [0.4, 0.5) is 9.59 Å². The van der Waals surface area contributed by atoms with E-state index in [0.717, 1.165) is 69.5 Å². The third kappa shape index (κ3) is 8.94. The summed E-state index contributed by atoms with van der Waals surface area (Å²) < 4.78 is 12.0. The predicted molar refractivity (Wildman–Crippen MR) is 139 cm³/mol. The lowest BCUT2D eigenvalue weighted by Crippen LogP contribution is -2.52. The van der Waals surface area contributed by atoms with E-state index < -0.39 is 6.09 Å². The number of carbonyl (C=O) groups excluding carboxylic acids is 1. The van der Waals surface area contributed by atoms with E-state index in [4.69, 9.17) is 14.6 Å². The predicted octanol–water partition coefficient (Wildman–Crippen LogP) is 3.54. The molecule has 2 aliphatic heterocycles. The van der Waals surface area contributed by atoms with Crippen molar-refractivity contribution < 1.29 is 24.2 Å². The van der Waals surface area contributed by atoms with Gasteiger partial charge in [0.15, 0.2) is 0 Å². The molecule has 2 heterocycles. The van der Waals surface area contributed by atoms with Gasteiger partial charge in [0.2, 0.25) is 0 Å². The van der Waals surface area contributed by atoms with Crippen molar-refractivity contribution in [3.05, 3.63) is 35.4 Å². The fourth-order valence-corrected chi connectivity index (χ4v) is 5.39. The number of urea groups is 1. The summed E-state index contributed by atoms with van der Waals surface area (Å²) in [5.74, 6) is 0.602. The van der Waals surface area contributed by atoms with Crippen LogP contribution in [0, 0.1) is 18.8 Å². The van der Waals surface area contributed by atoms with Crippen LogP contribution in [0.1, 0.15) is 56.3 Å². The van der Waals surface area contributed by atoms with Crippen molar-refractivity contribution in [1.82, 2.24) is 20.9 Å². The standard InChI is InChI=1S/C27H44N4O5/c1-19-7-4-9-22(13-19)25(36-17-20(2)29-27(33)34)23-10-5-11-31(16-23)26(32)30-24(15-28-3)14-21-8-6-12-35-18-21/h4,7,9,13,20-21,23-25,28-29H,5-6,8,10-12,14-18H2,1-3H3,(H,30,32)(H,33,34)/t20?,21?,23-,24?,25+/m1/s1. The van der Waals surface area contributed by atoms with Crippen molar-refractivity contribution >= 4 is 12.1 Å². The summed E-state index contributed by atoms with van der Waals surface area (Å²) in [7, 11) is 1.91. The molecule has 3 amide bonds. The summed E-state index contributed by atoms with van der Waals surface area (Å²) in [6.07, 6.45) is 3.71. The van der Waals surface area contributed by atoms with Gasteiger partial charge >= 0.3 is 12.1 Å². The van der Waals surface area contributed by atoms with E-state index in [-0.39, 0.29) is 36.7 Å². The van der Waals surface area contributed by atoms with Crippen LogP contribution in [0.3, 0.4) is 0 Å². The maximum absolute atomic E-state index is 13.3. The second-order valence-electron chi connectivity index (χ2n) is 10.4. The van der Waals surface area contributed by atoms with Gasteiger partial charge in [0, 0.05) is 44.8 Å². The molecular formula is C27H44N4O5. The Morgan fingerprint density at radius 1 is 1.25 bits per heavy atom. The van der Waals surface area contributed by atoms with Gasteiger partial charge in [0.1, 0.15) is 0 Å². The third-order valence-corrected chi connectivity index (χ3v) is 7.09. The Hall–Kier alpha value is -2.36. The molecule has 2 saturated heterocycles. The Balaban J connectivity index is 1.65. The number of carbonyl (C=O) groups is 2. The fraction of sp³-hybridized carbons (Fsp3) is 0.704. The minimum atomic E-state index is -1.06. The van der Waals surface area contributed by atoms with Crippen molar-refractivity contribution in [1.29, 1.82) is 0 Å². The highest BCUT2D eigenvalue weighted by Gasteiger charge is 2.32. The quantitative estimate of drug-likeness (QED) is 0.367. The summed E-state index contributed by atoms with van der Waals surface area (Å²) >= 11 is 0. The first-order valence-corrected chi connectivity index (χ1v) is 13.3. The van der Waals surface area contributed by atoms with Crippen LogP contribution in [0.25, 0.3) is 0 Å². The van der Waals surface area contributed by atoms with Crippen molar-refractivity contribution in [2.45, 2.75) is 64.1 Å². The van der Waals surface area contributed by atoms with Gasteiger partial charge in [-0.25, -0.2) is 9.59 Å². The van der Waals surface area contributed by atoms with Crippen LogP contribution in [0.15, 0.2) is 24.3 Å². The Bertz CT molecular complexity index is 832. The Kier molecular flexibility index (Phi) is 11.3. The van der Waals surface area contributed by atoms with E-state index in [1.54, 1.807) is 6.92 Å². The number of nitrogens with one attached hydrogen (secondary N) is 3. The third-order valence-electron chi connectivity index (χ3n) is 7.09. The lowest BCUT2D eigenvalue weighted by molar-refractivity contribution is -0.0175. The largest absolute Gasteiger partial charge is 0.465 e. The molecule has 9 nitrogen and oxygen atoms in total. The molecule has 3 unspecified atom stereocenters. The number of nitrogens with zero attached hydrogens (tertiary/aromatic N) is 1. The zero-order valence-electron chi connectivity index (χ0n) is 22.0.